The first-order chi connectivity index (χ1) is 8.81. The van der Waals surface area contributed by atoms with Gasteiger partial charge in [-0.05, 0) is 30.8 Å². The lowest BCUT2D eigenvalue weighted by Gasteiger charge is -2.23. The summed E-state index contributed by atoms with van der Waals surface area (Å²) in [7, 11) is 0. The van der Waals surface area contributed by atoms with E-state index in [1.54, 1.807) is 13.8 Å². The molecular weight excluding hydrogens is 266 g/mol. The van der Waals surface area contributed by atoms with Crippen molar-refractivity contribution in [3.63, 3.8) is 0 Å². The van der Waals surface area contributed by atoms with Crippen LogP contribution in [0.3, 0.4) is 0 Å². The summed E-state index contributed by atoms with van der Waals surface area (Å²) in [5.41, 5.74) is -0.304. The fraction of sp³-hybridized carbons (Fsp3) is 0.667. The fourth-order valence-electron chi connectivity index (χ4n) is 1.44. The van der Waals surface area contributed by atoms with Crippen LogP contribution in [-0.4, -0.2) is 33.1 Å². The van der Waals surface area contributed by atoms with Gasteiger partial charge in [0.25, 0.3) is 5.91 Å². The van der Waals surface area contributed by atoms with Crippen LogP contribution < -0.4 is 5.32 Å². The second kappa shape index (κ2) is 6.10. The number of rotatable bonds is 6. The van der Waals surface area contributed by atoms with Crippen LogP contribution in [0.2, 0.25) is 0 Å². The van der Waals surface area contributed by atoms with Crippen LogP contribution in [0.1, 0.15) is 55.4 Å². The number of nitrogens with one attached hydrogen (secondary N) is 1. The largest absolute Gasteiger partial charge is 0.481 e. The first kappa shape index (κ1) is 15.6. The van der Waals surface area contributed by atoms with E-state index in [9.17, 15) is 9.59 Å². The van der Waals surface area contributed by atoms with E-state index >= 15 is 0 Å². The lowest BCUT2D eigenvalue weighted by molar-refractivity contribution is -0.147. The molecule has 0 spiro atoms. The highest BCUT2D eigenvalue weighted by atomic mass is 32.1. The molecule has 0 aliphatic heterocycles. The van der Waals surface area contributed by atoms with Crippen molar-refractivity contribution in [3.05, 3.63) is 10.6 Å². The van der Waals surface area contributed by atoms with Gasteiger partial charge in [0, 0.05) is 6.54 Å². The molecule has 7 heteroatoms. The van der Waals surface area contributed by atoms with Crippen LogP contribution in [0.5, 0.6) is 0 Å². The Balaban J connectivity index is 2.76. The monoisotopic (exact) mass is 285 g/mol. The molecule has 1 heterocycles. The molecule has 0 aliphatic carbocycles. The molecule has 0 aliphatic rings. The summed E-state index contributed by atoms with van der Waals surface area (Å²) >= 11 is 1.03. The number of amides is 1. The molecule has 1 aromatic heterocycles. The Labute approximate surface area is 116 Å². The lowest BCUT2D eigenvalue weighted by atomic mass is 9.88. The van der Waals surface area contributed by atoms with E-state index in [4.69, 9.17) is 5.11 Å². The predicted octanol–water partition coefficient (Wildman–Crippen LogP) is 1.89. The average Bonchev–Trinajstić information content (AvgIpc) is 2.84. The van der Waals surface area contributed by atoms with Gasteiger partial charge in [-0.1, -0.05) is 25.3 Å². The molecule has 1 atom stereocenters. The molecule has 1 unspecified atom stereocenters. The highest BCUT2D eigenvalue weighted by molar-refractivity contribution is 7.08. The molecule has 2 N–H and O–H groups in total. The van der Waals surface area contributed by atoms with Crippen molar-refractivity contribution in [2.45, 2.75) is 40.0 Å². The van der Waals surface area contributed by atoms with E-state index in [0.717, 1.165) is 11.5 Å². The molecule has 0 fully saturated rings. The van der Waals surface area contributed by atoms with Gasteiger partial charge < -0.3 is 10.4 Å². The van der Waals surface area contributed by atoms with Crippen LogP contribution >= 0.6 is 11.5 Å². The van der Waals surface area contributed by atoms with Crippen LogP contribution in [0.25, 0.3) is 0 Å². The van der Waals surface area contributed by atoms with Gasteiger partial charge in [0.1, 0.15) is 4.88 Å². The number of carbonyl (C=O) groups is 2. The summed E-state index contributed by atoms with van der Waals surface area (Å²) in [4.78, 5) is 23.7. The molecule has 0 bridgehead atoms. The van der Waals surface area contributed by atoms with Gasteiger partial charge in [-0.15, -0.1) is 5.10 Å². The Morgan fingerprint density at radius 1 is 1.47 bits per heavy atom. The summed E-state index contributed by atoms with van der Waals surface area (Å²) in [6.45, 7) is 7.35. The Morgan fingerprint density at radius 2 is 2.11 bits per heavy atom. The van der Waals surface area contributed by atoms with Crippen LogP contribution in [0.15, 0.2) is 0 Å². The minimum absolute atomic E-state index is 0.0904. The van der Waals surface area contributed by atoms with Crippen molar-refractivity contribution in [2.75, 3.05) is 6.54 Å². The molecule has 106 valence electrons. The summed E-state index contributed by atoms with van der Waals surface area (Å²) < 4.78 is 3.78. The molecule has 0 saturated carbocycles. The molecule has 19 heavy (non-hydrogen) atoms. The average molecular weight is 285 g/mol. The van der Waals surface area contributed by atoms with Gasteiger partial charge >= 0.3 is 5.97 Å². The highest BCUT2D eigenvalue weighted by Crippen LogP contribution is 2.22. The van der Waals surface area contributed by atoms with Crippen LogP contribution in [0.4, 0.5) is 0 Å². The molecule has 1 aromatic rings. The second-order valence-electron chi connectivity index (χ2n) is 5.04. The number of carboxylic acid groups (broad SMARTS) is 1. The topological polar surface area (TPSA) is 92.2 Å². The van der Waals surface area contributed by atoms with Crippen molar-refractivity contribution in [2.24, 2.45) is 5.41 Å². The third-order valence-electron chi connectivity index (χ3n) is 3.20. The van der Waals surface area contributed by atoms with Gasteiger partial charge in [-0.25, -0.2) is 0 Å². The Kier molecular flexibility index (Phi) is 4.99. The number of hydrogen-bond donors (Lipinski definition) is 2. The molecular formula is C12H19N3O3S. The molecule has 6 nitrogen and oxygen atoms in total. The molecule has 0 radical (unpaired) electrons. The standard InChI is InChI=1S/C12H19N3O3S/c1-5-12(4,11(17)18)6-13-10(16)9-8(7(2)3)14-15-19-9/h7H,5-6H2,1-4H3,(H,13,16)(H,17,18). The van der Waals surface area contributed by atoms with Crippen molar-refractivity contribution in [1.82, 2.24) is 14.9 Å². The summed E-state index contributed by atoms with van der Waals surface area (Å²) in [5, 5.41) is 15.7. The normalized spacial score (nSPS) is 14.2. The lowest BCUT2D eigenvalue weighted by Crippen LogP contribution is -2.40. The molecule has 0 saturated heterocycles. The first-order valence-corrected chi connectivity index (χ1v) is 6.93. The van der Waals surface area contributed by atoms with Crippen LogP contribution in [-0.2, 0) is 4.79 Å². The van der Waals surface area contributed by atoms with Crippen molar-refractivity contribution >= 4 is 23.4 Å². The van der Waals surface area contributed by atoms with Gasteiger partial charge in [-0.3, -0.25) is 9.59 Å². The number of carboxylic acids is 1. The smallest absolute Gasteiger partial charge is 0.311 e. The Morgan fingerprint density at radius 3 is 2.58 bits per heavy atom. The minimum Gasteiger partial charge on any atom is -0.481 e. The Hall–Kier alpha value is -1.50. The van der Waals surface area contributed by atoms with E-state index in [0.29, 0.717) is 17.0 Å². The number of hydrogen-bond acceptors (Lipinski definition) is 5. The molecule has 0 aromatic carbocycles. The van der Waals surface area contributed by atoms with E-state index in [1.165, 1.54) is 0 Å². The van der Waals surface area contributed by atoms with Gasteiger partial charge in [0.15, 0.2) is 0 Å². The maximum absolute atomic E-state index is 12.0. The van der Waals surface area contributed by atoms with E-state index in [2.05, 4.69) is 14.9 Å². The predicted molar refractivity (Wildman–Crippen MR) is 72.4 cm³/mol. The van der Waals surface area contributed by atoms with E-state index in [1.807, 2.05) is 13.8 Å². The van der Waals surface area contributed by atoms with Crippen molar-refractivity contribution in [3.8, 4) is 0 Å². The number of nitrogens with zero attached hydrogens (tertiary/aromatic N) is 2. The summed E-state index contributed by atoms with van der Waals surface area (Å²) in [5.74, 6) is -1.11. The van der Waals surface area contributed by atoms with Gasteiger partial charge in [0.2, 0.25) is 0 Å². The SMILES string of the molecule is CCC(C)(CNC(=O)c1snnc1C(C)C)C(=O)O. The van der Waals surface area contributed by atoms with E-state index < -0.39 is 11.4 Å². The Bertz CT molecular complexity index is 473. The molecule has 1 amide bonds. The van der Waals surface area contributed by atoms with E-state index in [-0.39, 0.29) is 18.4 Å². The first-order valence-electron chi connectivity index (χ1n) is 6.15. The third-order valence-corrected chi connectivity index (χ3v) is 3.94. The third kappa shape index (κ3) is 3.50. The maximum atomic E-state index is 12.0. The van der Waals surface area contributed by atoms with Crippen LogP contribution in [0, 0.1) is 5.41 Å². The fourth-order valence-corrected chi connectivity index (χ4v) is 2.18. The zero-order valence-corrected chi connectivity index (χ0v) is 12.4. The number of aromatic nitrogens is 2. The van der Waals surface area contributed by atoms with Crippen molar-refractivity contribution in [1.29, 1.82) is 0 Å². The number of carbonyl (C=O) groups excluding carboxylic acids is 1. The second-order valence-corrected chi connectivity index (χ2v) is 5.80. The highest BCUT2D eigenvalue weighted by Gasteiger charge is 2.32. The minimum atomic E-state index is -0.953. The van der Waals surface area contributed by atoms with Gasteiger partial charge in [-0.2, -0.15) is 0 Å². The number of aliphatic carboxylic acids is 1. The van der Waals surface area contributed by atoms with Crippen molar-refractivity contribution < 1.29 is 14.7 Å². The maximum Gasteiger partial charge on any atom is 0.311 e. The quantitative estimate of drug-likeness (QED) is 0.832. The zero-order valence-electron chi connectivity index (χ0n) is 11.6. The molecule has 1 rings (SSSR count). The van der Waals surface area contributed by atoms with Gasteiger partial charge in [0.05, 0.1) is 11.1 Å². The zero-order chi connectivity index (χ0) is 14.6. The summed E-state index contributed by atoms with van der Waals surface area (Å²) in [6, 6.07) is 0. The summed E-state index contributed by atoms with van der Waals surface area (Å²) in [6.07, 6.45) is 0.445.